The van der Waals surface area contributed by atoms with Crippen molar-refractivity contribution in [3.8, 4) is 11.1 Å². The Kier molecular flexibility index (Phi) is 6.67. The number of fused-ring (bicyclic) bond motifs is 1. The van der Waals surface area contributed by atoms with Gasteiger partial charge in [-0.25, -0.2) is 4.98 Å². The summed E-state index contributed by atoms with van der Waals surface area (Å²) in [5.41, 5.74) is 9.10. The molecule has 1 aliphatic rings. The van der Waals surface area contributed by atoms with Gasteiger partial charge in [0, 0.05) is 25.8 Å². The lowest BCUT2D eigenvalue weighted by atomic mass is 9.93. The molecule has 1 aliphatic heterocycles. The van der Waals surface area contributed by atoms with E-state index in [0.29, 0.717) is 19.7 Å². The third kappa shape index (κ3) is 4.46. The van der Waals surface area contributed by atoms with Crippen LogP contribution in [0.15, 0.2) is 54.6 Å². The molecular formula is C32H37N3O2. The van der Waals surface area contributed by atoms with Crippen LogP contribution in [0.25, 0.3) is 22.2 Å². The molecule has 1 aromatic heterocycles. The number of benzene rings is 3. The van der Waals surface area contributed by atoms with Crippen LogP contribution in [0.2, 0.25) is 0 Å². The highest BCUT2D eigenvalue weighted by Crippen LogP contribution is 2.41. The number of nitrogens with zero attached hydrogens (tertiary/aromatic N) is 3. The van der Waals surface area contributed by atoms with E-state index in [4.69, 9.17) is 9.72 Å². The van der Waals surface area contributed by atoms with E-state index in [9.17, 15) is 4.79 Å². The van der Waals surface area contributed by atoms with Gasteiger partial charge in [0.25, 0.3) is 5.91 Å². The van der Waals surface area contributed by atoms with Gasteiger partial charge in [0.2, 0.25) is 0 Å². The lowest BCUT2D eigenvalue weighted by Gasteiger charge is -2.35. The smallest absolute Gasteiger partial charge is 0.255 e. The molecule has 1 unspecified atom stereocenters. The first kappa shape index (κ1) is 25.2. The summed E-state index contributed by atoms with van der Waals surface area (Å²) in [5.74, 6) is 1.01. The Morgan fingerprint density at radius 3 is 2.51 bits per heavy atom. The minimum absolute atomic E-state index is 0.0675. The van der Waals surface area contributed by atoms with Crippen LogP contribution in [0.5, 0.6) is 0 Å². The van der Waals surface area contributed by atoms with Crippen molar-refractivity contribution in [2.45, 2.75) is 59.5 Å². The normalized spacial score (nSPS) is 17.6. The number of ether oxygens (including phenoxy) is 1. The number of carbonyl (C=O) groups is 1. The van der Waals surface area contributed by atoms with Crippen LogP contribution in [0.3, 0.4) is 0 Å². The number of amides is 1. The molecule has 0 radical (unpaired) electrons. The van der Waals surface area contributed by atoms with Crippen molar-refractivity contribution in [3.05, 3.63) is 88.2 Å². The van der Waals surface area contributed by atoms with Gasteiger partial charge in [-0.2, -0.15) is 0 Å². The summed E-state index contributed by atoms with van der Waals surface area (Å²) in [6.45, 7) is 12.6. The molecule has 1 amide bonds. The molecule has 0 aliphatic carbocycles. The van der Waals surface area contributed by atoms with Crippen LogP contribution in [0.1, 0.15) is 58.2 Å². The van der Waals surface area contributed by atoms with E-state index >= 15 is 0 Å². The lowest BCUT2D eigenvalue weighted by molar-refractivity contribution is 0.0596. The van der Waals surface area contributed by atoms with Crippen LogP contribution in [-0.4, -0.2) is 40.6 Å². The number of carbonyl (C=O) groups excluding carboxylic acids is 1. The molecule has 5 heteroatoms. The van der Waals surface area contributed by atoms with Crippen molar-refractivity contribution >= 4 is 16.9 Å². The molecule has 0 N–H and O–H groups in total. The minimum Gasteiger partial charge on any atom is -0.383 e. The van der Waals surface area contributed by atoms with Crippen LogP contribution in [-0.2, 0) is 16.8 Å². The monoisotopic (exact) mass is 495 g/mol. The molecule has 1 fully saturated rings. The first-order valence-corrected chi connectivity index (χ1v) is 13.2. The van der Waals surface area contributed by atoms with Crippen LogP contribution in [0, 0.1) is 27.7 Å². The van der Waals surface area contributed by atoms with Crippen molar-refractivity contribution in [2.75, 3.05) is 20.3 Å². The Morgan fingerprint density at radius 1 is 1.00 bits per heavy atom. The standard InChI is InChI=1S/C32H37N3O2/c1-21-9-7-10-25(17-21)26-12-11-22(2)18-27(26)30(36)35-14-8-13-32(35,5)31-33-28-19-23(3)24(4)20-29(28)34(31)15-16-37-6/h7,9-12,17-20H,8,13-16H2,1-6H3. The highest BCUT2D eigenvalue weighted by atomic mass is 16.5. The number of hydrogen-bond acceptors (Lipinski definition) is 3. The molecule has 192 valence electrons. The first-order valence-electron chi connectivity index (χ1n) is 13.2. The Hall–Kier alpha value is -3.44. The summed E-state index contributed by atoms with van der Waals surface area (Å²) >= 11 is 0. The molecule has 1 saturated heterocycles. The van der Waals surface area contributed by atoms with Gasteiger partial charge in [-0.15, -0.1) is 0 Å². The largest absolute Gasteiger partial charge is 0.383 e. The molecule has 5 rings (SSSR count). The van der Waals surface area contributed by atoms with Gasteiger partial charge in [-0.3, -0.25) is 4.79 Å². The number of aryl methyl sites for hydroxylation is 4. The molecule has 5 nitrogen and oxygen atoms in total. The molecule has 0 spiro atoms. The molecule has 0 bridgehead atoms. The highest BCUT2D eigenvalue weighted by molar-refractivity contribution is 6.01. The fourth-order valence-corrected chi connectivity index (χ4v) is 5.77. The lowest BCUT2D eigenvalue weighted by Crippen LogP contribution is -2.45. The maximum atomic E-state index is 14.4. The second kappa shape index (κ2) is 9.79. The number of aromatic nitrogens is 2. The molecule has 4 aromatic rings. The zero-order valence-corrected chi connectivity index (χ0v) is 22.9. The molecular weight excluding hydrogens is 458 g/mol. The Labute approximate surface area is 220 Å². The molecule has 1 atom stereocenters. The van der Waals surface area contributed by atoms with E-state index in [1.165, 1.54) is 16.7 Å². The van der Waals surface area contributed by atoms with Gasteiger partial charge in [0.15, 0.2) is 0 Å². The Morgan fingerprint density at radius 2 is 1.76 bits per heavy atom. The van der Waals surface area contributed by atoms with Crippen molar-refractivity contribution < 1.29 is 9.53 Å². The first-order chi connectivity index (χ1) is 17.7. The van der Waals surface area contributed by atoms with Crippen molar-refractivity contribution in [3.63, 3.8) is 0 Å². The average molecular weight is 496 g/mol. The predicted molar refractivity (Wildman–Crippen MR) is 150 cm³/mol. The zero-order valence-electron chi connectivity index (χ0n) is 22.9. The van der Waals surface area contributed by atoms with E-state index in [-0.39, 0.29) is 5.91 Å². The predicted octanol–water partition coefficient (Wildman–Crippen LogP) is 6.73. The van der Waals surface area contributed by atoms with Gasteiger partial charge in [0.05, 0.1) is 23.2 Å². The van der Waals surface area contributed by atoms with Crippen LogP contribution < -0.4 is 0 Å². The fraction of sp³-hybridized carbons (Fsp3) is 0.375. The van der Waals surface area contributed by atoms with Crippen molar-refractivity contribution in [1.82, 2.24) is 14.5 Å². The summed E-state index contributed by atoms with van der Waals surface area (Å²) in [7, 11) is 1.73. The van der Waals surface area contributed by atoms with E-state index in [1.807, 2.05) is 6.07 Å². The van der Waals surface area contributed by atoms with E-state index in [2.05, 4.69) is 92.6 Å². The molecule has 2 heterocycles. The number of rotatable bonds is 6. The summed E-state index contributed by atoms with van der Waals surface area (Å²) in [4.78, 5) is 21.6. The Balaban J connectivity index is 1.63. The van der Waals surface area contributed by atoms with Crippen molar-refractivity contribution in [1.29, 1.82) is 0 Å². The fourth-order valence-electron chi connectivity index (χ4n) is 5.77. The van der Waals surface area contributed by atoms with E-state index < -0.39 is 5.54 Å². The van der Waals surface area contributed by atoms with E-state index in [0.717, 1.165) is 52.0 Å². The number of methoxy groups -OCH3 is 1. The topological polar surface area (TPSA) is 47.4 Å². The van der Waals surface area contributed by atoms with Gasteiger partial charge in [-0.05, 0) is 87.9 Å². The van der Waals surface area contributed by atoms with Gasteiger partial charge in [0.1, 0.15) is 5.82 Å². The summed E-state index contributed by atoms with van der Waals surface area (Å²) < 4.78 is 7.74. The second-order valence-corrected chi connectivity index (χ2v) is 10.8. The van der Waals surface area contributed by atoms with Gasteiger partial charge < -0.3 is 14.2 Å². The van der Waals surface area contributed by atoms with Crippen LogP contribution >= 0.6 is 0 Å². The highest BCUT2D eigenvalue weighted by Gasteiger charge is 2.45. The number of imidazole rings is 1. The van der Waals surface area contributed by atoms with Crippen molar-refractivity contribution in [2.24, 2.45) is 0 Å². The maximum absolute atomic E-state index is 14.4. The Bertz CT molecular complexity index is 1490. The number of likely N-dealkylation sites (tertiary alicyclic amines) is 1. The van der Waals surface area contributed by atoms with Gasteiger partial charge in [-0.1, -0.05) is 47.5 Å². The average Bonchev–Trinajstić information content (AvgIpc) is 3.43. The van der Waals surface area contributed by atoms with Gasteiger partial charge >= 0.3 is 0 Å². The molecule has 0 saturated carbocycles. The van der Waals surface area contributed by atoms with Crippen LogP contribution in [0.4, 0.5) is 0 Å². The second-order valence-electron chi connectivity index (χ2n) is 10.8. The molecule has 37 heavy (non-hydrogen) atoms. The minimum atomic E-state index is -0.515. The summed E-state index contributed by atoms with van der Waals surface area (Å²) in [6.07, 6.45) is 1.82. The number of hydrogen-bond donors (Lipinski definition) is 0. The maximum Gasteiger partial charge on any atom is 0.255 e. The molecule has 3 aromatic carbocycles. The third-order valence-electron chi connectivity index (χ3n) is 7.99. The third-order valence-corrected chi connectivity index (χ3v) is 7.99. The summed E-state index contributed by atoms with van der Waals surface area (Å²) in [6, 6.07) is 19.0. The quantitative estimate of drug-likeness (QED) is 0.298. The SMILES string of the molecule is COCCn1c(C2(C)CCCN2C(=O)c2cc(C)ccc2-c2cccc(C)c2)nc2cc(C)c(C)cc21. The van der Waals surface area contributed by atoms with E-state index in [1.54, 1.807) is 7.11 Å². The summed E-state index contributed by atoms with van der Waals surface area (Å²) in [5, 5.41) is 0. The zero-order chi connectivity index (χ0) is 26.3.